The van der Waals surface area contributed by atoms with Gasteiger partial charge in [0.1, 0.15) is 12.1 Å². The van der Waals surface area contributed by atoms with Gasteiger partial charge in [-0.2, -0.15) is 0 Å². The van der Waals surface area contributed by atoms with Crippen LogP contribution in [-0.2, 0) is 16.1 Å². The van der Waals surface area contributed by atoms with Crippen molar-refractivity contribution in [3.8, 4) is 0 Å². The molecule has 0 radical (unpaired) electrons. The number of aliphatic hydroxyl groups is 1. The van der Waals surface area contributed by atoms with Crippen LogP contribution in [0.3, 0.4) is 0 Å². The van der Waals surface area contributed by atoms with E-state index >= 15 is 0 Å². The minimum absolute atomic E-state index is 0.122. The topological polar surface area (TPSA) is 113 Å². The zero-order valence-electron chi connectivity index (χ0n) is 20.4. The van der Waals surface area contributed by atoms with Gasteiger partial charge in [0.2, 0.25) is 11.8 Å². The summed E-state index contributed by atoms with van der Waals surface area (Å²) in [6.07, 6.45) is 7.06. The van der Waals surface area contributed by atoms with E-state index in [1.807, 2.05) is 51.2 Å². The van der Waals surface area contributed by atoms with Crippen LogP contribution >= 0.6 is 0 Å². The number of aromatic nitrogens is 4. The van der Waals surface area contributed by atoms with Crippen molar-refractivity contribution in [1.82, 2.24) is 30.2 Å². The van der Waals surface area contributed by atoms with Crippen molar-refractivity contribution in [2.75, 3.05) is 6.54 Å². The summed E-state index contributed by atoms with van der Waals surface area (Å²) in [6.45, 7) is 6.39. The van der Waals surface area contributed by atoms with Gasteiger partial charge in [-0.1, -0.05) is 38.1 Å². The SMILES string of the molecule is CC(C)(C)[C@@H](C(=O)N1CC(O)CC1C(=O)NCc1ccc2cnccc2c1)n1cc(C2CC2)nn1. The van der Waals surface area contributed by atoms with E-state index in [0.29, 0.717) is 12.5 Å². The van der Waals surface area contributed by atoms with Gasteiger partial charge < -0.3 is 15.3 Å². The molecule has 3 aromatic rings. The van der Waals surface area contributed by atoms with Gasteiger partial charge in [-0.05, 0) is 41.3 Å². The molecule has 1 saturated heterocycles. The van der Waals surface area contributed by atoms with Crippen molar-refractivity contribution in [2.24, 2.45) is 5.41 Å². The molecule has 0 bridgehead atoms. The molecule has 1 saturated carbocycles. The summed E-state index contributed by atoms with van der Waals surface area (Å²) in [5.74, 6) is -0.0627. The van der Waals surface area contributed by atoms with Gasteiger partial charge in [-0.3, -0.25) is 14.6 Å². The van der Waals surface area contributed by atoms with E-state index in [-0.39, 0.29) is 24.8 Å². The molecule has 2 fully saturated rings. The number of likely N-dealkylation sites (tertiary alicyclic amines) is 1. The van der Waals surface area contributed by atoms with E-state index in [0.717, 1.165) is 34.9 Å². The number of aliphatic hydroxyl groups excluding tert-OH is 1. The first kappa shape index (κ1) is 23.4. The molecule has 2 aliphatic rings. The van der Waals surface area contributed by atoms with Crippen molar-refractivity contribution in [1.29, 1.82) is 0 Å². The largest absolute Gasteiger partial charge is 0.391 e. The van der Waals surface area contributed by atoms with Crippen LogP contribution in [0, 0.1) is 5.41 Å². The minimum atomic E-state index is -0.749. The van der Waals surface area contributed by atoms with Gasteiger partial charge in [0.15, 0.2) is 0 Å². The predicted octanol–water partition coefficient (Wildman–Crippen LogP) is 2.57. The molecule has 3 atom stereocenters. The average Bonchev–Trinajstić information content (AvgIpc) is 3.43. The van der Waals surface area contributed by atoms with E-state index < -0.39 is 23.6 Å². The first-order chi connectivity index (χ1) is 16.7. The molecule has 9 heteroatoms. The maximum absolute atomic E-state index is 13.8. The molecular weight excluding hydrogens is 444 g/mol. The van der Waals surface area contributed by atoms with Crippen LogP contribution in [0.4, 0.5) is 0 Å². The third-order valence-corrected chi connectivity index (χ3v) is 6.88. The Morgan fingerprint density at radius 3 is 2.74 bits per heavy atom. The highest BCUT2D eigenvalue weighted by atomic mass is 16.3. The second kappa shape index (κ2) is 9.03. The van der Waals surface area contributed by atoms with E-state index in [1.165, 1.54) is 4.90 Å². The molecule has 1 aromatic carbocycles. The number of hydrogen-bond donors (Lipinski definition) is 2. The number of amides is 2. The van der Waals surface area contributed by atoms with Crippen molar-refractivity contribution < 1.29 is 14.7 Å². The van der Waals surface area contributed by atoms with E-state index in [4.69, 9.17) is 0 Å². The molecule has 3 heterocycles. The fraction of sp³-hybridized carbons (Fsp3) is 0.500. The Morgan fingerprint density at radius 1 is 1.20 bits per heavy atom. The lowest BCUT2D eigenvalue weighted by atomic mass is 9.85. The van der Waals surface area contributed by atoms with Crippen LogP contribution in [0.15, 0.2) is 42.9 Å². The molecule has 2 aromatic heterocycles. The number of rotatable bonds is 6. The predicted molar refractivity (Wildman–Crippen MR) is 130 cm³/mol. The Morgan fingerprint density at radius 2 is 2.00 bits per heavy atom. The van der Waals surface area contributed by atoms with Crippen molar-refractivity contribution in [3.63, 3.8) is 0 Å². The third-order valence-electron chi connectivity index (χ3n) is 6.88. The van der Waals surface area contributed by atoms with Crippen molar-refractivity contribution in [3.05, 3.63) is 54.1 Å². The Labute approximate surface area is 204 Å². The fourth-order valence-electron chi connectivity index (χ4n) is 4.88. The number of pyridine rings is 1. The van der Waals surface area contributed by atoms with Gasteiger partial charge in [-0.15, -0.1) is 5.10 Å². The van der Waals surface area contributed by atoms with E-state index in [2.05, 4.69) is 20.6 Å². The van der Waals surface area contributed by atoms with E-state index in [1.54, 1.807) is 17.1 Å². The number of β-amino-alcohol motifs (C(OH)–C–C–N with tert-alkyl or cyclic N) is 1. The van der Waals surface area contributed by atoms with E-state index in [9.17, 15) is 14.7 Å². The summed E-state index contributed by atoms with van der Waals surface area (Å²) >= 11 is 0. The summed E-state index contributed by atoms with van der Waals surface area (Å²) in [7, 11) is 0. The Hall–Kier alpha value is -3.33. The Balaban J connectivity index is 1.32. The maximum Gasteiger partial charge on any atom is 0.248 e. The lowest BCUT2D eigenvalue weighted by Crippen LogP contribution is -2.50. The quantitative estimate of drug-likeness (QED) is 0.565. The molecule has 35 heavy (non-hydrogen) atoms. The van der Waals surface area contributed by atoms with Crippen LogP contribution < -0.4 is 5.32 Å². The zero-order chi connectivity index (χ0) is 24.7. The summed E-state index contributed by atoms with van der Waals surface area (Å²) < 4.78 is 1.64. The first-order valence-electron chi connectivity index (χ1n) is 12.2. The number of benzene rings is 1. The zero-order valence-corrected chi connectivity index (χ0v) is 20.4. The molecule has 5 rings (SSSR count). The standard InChI is InChI=1S/C26H32N6O3/c1-26(2,3)23(32-15-21(29-30-32)17-6-7-17)25(35)31-14-20(33)11-22(31)24(34)28-12-16-4-5-19-13-27-9-8-18(19)10-16/h4-5,8-10,13,15,17,20,22-23,33H,6-7,11-12,14H2,1-3H3,(H,28,34)/t20?,22?,23-/m1/s1. The molecule has 1 aliphatic carbocycles. The molecule has 9 nitrogen and oxygen atoms in total. The number of nitrogens with one attached hydrogen (secondary N) is 1. The summed E-state index contributed by atoms with van der Waals surface area (Å²) in [6, 6.07) is 6.51. The number of fused-ring (bicyclic) bond motifs is 1. The lowest BCUT2D eigenvalue weighted by molar-refractivity contribution is -0.144. The number of hydrogen-bond acceptors (Lipinski definition) is 6. The average molecular weight is 477 g/mol. The highest BCUT2D eigenvalue weighted by molar-refractivity contribution is 5.90. The Bertz CT molecular complexity index is 1250. The van der Waals surface area contributed by atoms with Gasteiger partial charge in [0, 0.05) is 49.4 Å². The van der Waals surface area contributed by atoms with Crippen molar-refractivity contribution >= 4 is 22.6 Å². The summed E-state index contributed by atoms with van der Waals surface area (Å²) in [5, 5.41) is 24.0. The summed E-state index contributed by atoms with van der Waals surface area (Å²) in [4.78, 5) is 32.6. The van der Waals surface area contributed by atoms with Crippen LogP contribution in [0.5, 0.6) is 0 Å². The molecule has 2 N–H and O–H groups in total. The lowest BCUT2D eigenvalue weighted by Gasteiger charge is -2.34. The van der Waals surface area contributed by atoms with Crippen LogP contribution in [0.1, 0.15) is 63.3 Å². The van der Waals surface area contributed by atoms with Crippen LogP contribution in [0.25, 0.3) is 10.8 Å². The molecule has 2 unspecified atom stereocenters. The second-order valence-electron chi connectivity index (χ2n) is 10.8. The van der Waals surface area contributed by atoms with Crippen LogP contribution in [0.2, 0.25) is 0 Å². The highest BCUT2D eigenvalue weighted by Crippen LogP contribution is 2.40. The van der Waals surface area contributed by atoms with Gasteiger partial charge in [0.05, 0.1) is 11.8 Å². The number of carbonyl (C=O) groups is 2. The molecule has 0 spiro atoms. The summed E-state index contributed by atoms with van der Waals surface area (Å²) in [5.41, 5.74) is 1.41. The van der Waals surface area contributed by atoms with Gasteiger partial charge in [-0.25, -0.2) is 4.68 Å². The highest BCUT2D eigenvalue weighted by Gasteiger charge is 2.45. The number of nitrogens with zero attached hydrogens (tertiary/aromatic N) is 5. The minimum Gasteiger partial charge on any atom is -0.391 e. The van der Waals surface area contributed by atoms with Gasteiger partial charge in [0.25, 0.3) is 0 Å². The molecule has 184 valence electrons. The number of carbonyl (C=O) groups excluding carboxylic acids is 2. The molecule has 2 amide bonds. The van der Waals surface area contributed by atoms with Crippen LogP contribution in [-0.4, -0.2) is 60.5 Å². The fourth-order valence-corrected chi connectivity index (χ4v) is 4.88. The molecule has 1 aliphatic heterocycles. The smallest absolute Gasteiger partial charge is 0.248 e. The van der Waals surface area contributed by atoms with Gasteiger partial charge >= 0.3 is 0 Å². The first-order valence-corrected chi connectivity index (χ1v) is 12.2. The maximum atomic E-state index is 13.8. The third kappa shape index (κ3) is 4.91. The Kier molecular flexibility index (Phi) is 6.04. The normalized spacial score (nSPS) is 21.3. The molecular formula is C26H32N6O3. The van der Waals surface area contributed by atoms with Crippen molar-refractivity contribution in [2.45, 2.75) is 70.7 Å². The monoisotopic (exact) mass is 476 g/mol. The second-order valence-corrected chi connectivity index (χ2v) is 10.8.